The maximum absolute atomic E-state index is 5.90. The number of pyridine rings is 1. The number of anilines is 1. The van der Waals surface area contributed by atoms with Crippen molar-refractivity contribution in [2.75, 3.05) is 24.5 Å². The van der Waals surface area contributed by atoms with Gasteiger partial charge in [0.1, 0.15) is 5.82 Å². The van der Waals surface area contributed by atoms with E-state index in [1.54, 1.807) is 0 Å². The molecular formula is C16H25N3O. The molecule has 3 unspecified atom stereocenters. The highest BCUT2D eigenvalue weighted by Gasteiger charge is 2.34. The fraction of sp³-hybridized carbons (Fsp3) is 0.688. The quantitative estimate of drug-likeness (QED) is 0.896. The molecule has 1 N–H and O–H groups in total. The molecule has 0 radical (unpaired) electrons. The fourth-order valence-electron chi connectivity index (χ4n) is 3.16. The van der Waals surface area contributed by atoms with Crippen LogP contribution in [0.15, 0.2) is 18.3 Å². The second-order valence-corrected chi connectivity index (χ2v) is 5.99. The van der Waals surface area contributed by atoms with Crippen molar-refractivity contribution >= 4 is 5.82 Å². The lowest BCUT2D eigenvalue weighted by molar-refractivity contribution is 0.0302. The molecule has 3 rings (SSSR count). The number of nitrogens with zero attached hydrogens (tertiary/aromatic N) is 2. The lowest BCUT2D eigenvalue weighted by Crippen LogP contribution is -2.43. The van der Waals surface area contributed by atoms with Crippen LogP contribution in [0.2, 0.25) is 0 Å². The van der Waals surface area contributed by atoms with Gasteiger partial charge in [0.2, 0.25) is 0 Å². The predicted octanol–water partition coefficient (Wildman–Crippen LogP) is 2.51. The normalized spacial score (nSPS) is 26.8. The van der Waals surface area contributed by atoms with Gasteiger partial charge in [-0.25, -0.2) is 4.98 Å². The molecule has 2 fully saturated rings. The standard InChI is InChI=1S/C16H25N3O/c1-3-7-17-12(2)13-6-8-18-16(9-13)19-10-14-4-5-15(11-19)20-14/h6,8-9,12,14-15,17H,3-5,7,10-11H2,1-2H3. The van der Waals surface area contributed by atoms with Crippen molar-refractivity contribution in [3.63, 3.8) is 0 Å². The summed E-state index contributed by atoms with van der Waals surface area (Å²) in [5.74, 6) is 1.10. The van der Waals surface area contributed by atoms with Crippen LogP contribution in [0.4, 0.5) is 5.82 Å². The summed E-state index contributed by atoms with van der Waals surface area (Å²) in [6, 6.07) is 4.73. The first kappa shape index (κ1) is 13.8. The molecule has 0 spiro atoms. The first-order chi connectivity index (χ1) is 9.76. The van der Waals surface area contributed by atoms with E-state index in [9.17, 15) is 0 Å². The molecule has 2 saturated heterocycles. The Hall–Kier alpha value is -1.13. The summed E-state index contributed by atoms with van der Waals surface area (Å²) in [7, 11) is 0. The molecule has 110 valence electrons. The molecule has 3 atom stereocenters. The van der Waals surface area contributed by atoms with E-state index in [1.807, 2.05) is 6.20 Å². The molecule has 0 saturated carbocycles. The molecule has 20 heavy (non-hydrogen) atoms. The molecular weight excluding hydrogens is 250 g/mol. The third-order valence-electron chi connectivity index (χ3n) is 4.34. The van der Waals surface area contributed by atoms with Crippen molar-refractivity contribution < 1.29 is 4.74 Å². The SMILES string of the molecule is CCCNC(C)c1ccnc(N2CC3CCC(C2)O3)c1. The van der Waals surface area contributed by atoms with Gasteiger partial charge in [0.05, 0.1) is 12.2 Å². The van der Waals surface area contributed by atoms with E-state index in [2.05, 4.69) is 41.2 Å². The number of hydrogen-bond acceptors (Lipinski definition) is 4. The zero-order valence-corrected chi connectivity index (χ0v) is 12.5. The van der Waals surface area contributed by atoms with Crippen LogP contribution in [-0.4, -0.2) is 36.8 Å². The van der Waals surface area contributed by atoms with Gasteiger partial charge in [0, 0.05) is 25.3 Å². The number of aromatic nitrogens is 1. The third-order valence-corrected chi connectivity index (χ3v) is 4.34. The van der Waals surface area contributed by atoms with Crippen LogP contribution in [0.5, 0.6) is 0 Å². The highest BCUT2D eigenvalue weighted by atomic mass is 16.5. The fourth-order valence-corrected chi connectivity index (χ4v) is 3.16. The van der Waals surface area contributed by atoms with E-state index in [0.29, 0.717) is 18.2 Å². The monoisotopic (exact) mass is 275 g/mol. The Morgan fingerprint density at radius 1 is 1.40 bits per heavy atom. The molecule has 1 aromatic rings. The number of rotatable bonds is 5. The number of fused-ring (bicyclic) bond motifs is 2. The average molecular weight is 275 g/mol. The highest BCUT2D eigenvalue weighted by Crippen LogP contribution is 2.29. The topological polar surface area (TPSA) is 37.4 Å². The van der Waals surface area contributed by atoms with Crippen molar-refractivity contribution in [2.24, 2.45) is 0 Å². The molecule has 0 aliphatic carbocycles. The third kappa shape index (κ3) is 2.96. The van der Waals surface area contributed by atoms with Crippen LogP contribution in [-0.2, 0) is 4.74 Å². The zero-order valence-electron chi connectivity index (χ0n) is 12.5. The second kappa shape index (κ2) is 6.10. The van der Waals surface area contributed by atoms with Crippen LogP contribution < -0.4 is 10.2 Å². The Kier molecular flexibility index (Phi) is 4.22. The van der Waals surface area contributed by atoms with Gasteiger partial charge in [-0.1, -0.05) is 6.92 Å². The van der Waals surface area contributed by atoms with Crippen molar-refractivity contribution in [3.8, 4) is 0 Å². The molecule has 1 aromatic heterocycles. The Labute approximate surface area is 121 Å². The molecule has 2 aliphatic heterocycles. The van der Waals surface area contributed by atoms with Crippen LogP contribution in [0.1, 0.15) is 44.7 Å². The number of nitrogens with one attached hydrogen (secondary N) is 1. The van der Waals surface area contributed by atoms with E-state index >= 15 is 0 Å². The van der Waals surface area contributed by atoms with Gasteiger partial charge in [-0.2, -0.15) is 0 Å². The minimum atomic E-state index is 0.384. The van der Waals surface area contributed by atoms with Crippen LogP contribution in [0, 0.1) is 0 Å². The summed E-state index contributed by atoms with van der Waals surface area (Å²) >= 11 is 0. The Morgan fingerprint density at radius 3 is 2.85 bits per heavy atom. The van der Waals surface area contributed by atoms with Crippen LogP contribution >= 0.6 is 0 Å². The number of hydrogen-bond donors (Lipinski definition) is 1. The van der Waals surface area contributed by atoms with Gasteiger partial charge in [0.15, 0.2) is 0 Å². The summed E-state index contributed by atoms with van der Waals surface area (Å²) in [5, 5.41) is 3.54. The van der Waals surface area contributed by atoms with E-state index in [0.717, 1.165) is 31.9 Å². The molecule has 3 heterocycles. The van der Waals surface area contributed by atoms with Crippen LogP contribution in [0.3, 0.4) is 0 Å². The van der Waals surface area contributed by atoms with Gasteiger partial charge in [-0.3, -0.25) is 0 Å². The van der Waals surface area contributed by atoms with Gasteiger partial charge in [-0.05, 0) is 50.4 Å². The molecule has 4 heteroatoms. The Balaban J connectivity index is 1.70. The van der Waals surface area contributed by atoms with Crippen molar-refractivity contribution in [3.05, 3.63) is 23.9 Å². The van der Waals surface area contributed by atoms with E-state index in [1.165, 1.54) is 18.4 Å². The second-order valence-electron chi connectivity index (χ2n) is 5.99. The molecule has 4 nitrogen and oxygen atoms in total. The van der Waals surface area contributed by atoms with E-state index in [4.69, 9.17) is 4.74 Å². The van der Waals surface area contributed by atoms with Gasteiger partial charge in [0.25, 0.3) is 0 Å². The number of morpholine rings is 1. The lowest BCUT2D eigenvalue weighted by Gasteiger charge is -2.33. The minimum Gasteiger partial charge on any atom is -0.371 e. The van der Waals surface area contributed by atoms with Gasteiger partial charge >= 0.3 is 0 Å². The predicted molar refractivity (Wildman–Crippen MR) is 81.1 cm³/mol. The van der Waals surface area contributed by atoms with Gasteiger partial charge < -0.3 is 15.0 Å². The Morgan fingerprint density at radius 2 is 2.15 bits per heavy atom. The largest absolute Gasteiger partial charge is 0.371 e. The summed E-state index contributed by atoms with van der Waals surface area (Å²) < 4.78 is 5.90. The highest BCUT2D eigenvalue weighted by molar-refractivity contribution is 5.43. The van der Waals surface area contributed by atoms with Crippen molar-refractivity contribution in [1.29, 1.82) is 0 Å². The molecule has 0 aromatic carbocycles. The summed E-state index contributed by atoms with van der Waals surface area (Å²) in [4.78, 5) is 6.96. The smallest absolute Gasteiger partial charge is 0.128 e. The first-order valence-corrected chi connectivity index (χ1v) is 7.86. The lowest BCUT2D eigenvalue weighted by atomic mass is 10.1. The first-order valence-electron chi connectivity index (χ1n) is 7.86. The molecule has 2 aliphatic rings. The maximum Gasteiger partial charge on any atom is 0.128 e. The van der Waals surface area contributed by atoms with Crippen LogP contribution in [0.25, 0.3) is 0 Å². The zero-order chi connectivity index (χ0) is 13.9. The van der Waals surface area contributed by atoms with E-state index in [-0.39, 0.29) is 0 Å². The molecule has 2 bridgehead atoms. The summed E-state index contributed by atoms with van der Waals surface area (Å²) in [6.07, 6.45) is 6.33. The van der Waals surface area contributed by atoms with Gasteiger partial charge in [-0.15, -0.1) is 0 Å². The van der Waals surface area contributed by atoms with Crippen molar-refractivity contribution in [2.45, 2.75) is 51.4 Å². The Bertz CT molecular complexity index is 439. The van der Waals surface area contributed by atoms with Crippen molar-refractivity contribution in [1.82, 2.24) is 10.3 Å². The summed E-state index contributed by atoms with van der Waals surface area (Å²) in [5.41, 5.74) is 1.32. The molecule has 0 amide bonds. The number of ether oxygens (including phenoxy) is 1. The average Bonchev–Trinajstić information content (AvgIpc) is 2.83. The minimum absolute atomic E-state index is 0.384. The van der Waals surface area contributed by atoms with E-state index < -0.39 is 0 Å². The maximum atomic E-state index is 5.90. The summed E-state index contributed by atoms with van der Waals surface area (Å²) in [6.45, 7) is 7.45.